The van der Waals surface area contributed by atoms with Crippen LogP contribution in [0.25, 0.3) is 0 Å². The van der Waals surface area contributed by atoms with Gasteiger partial charge in [-0.05, 0) is 31.9 Å². The molecule has 0 saturated carbocycles. The second kappa shape index (κ2) is 7.73. The standard InChI is InChI=1S/C15H20N2O6S/c1-10-2-4-11(5-3-10)24(21,22)17-9-8-16-14(18)12-6-7-13(23-12)15(19)20/h2-5,12-13,17H,6-9H2,1H3,(H,16,18)(H,19,20)/t12-,13+/m0/s1. The second-order valence-corrected chi connectivity index (χ2v) is 7.30. The van der Waals surface area contributed by atoms with Crippen molar-refractivity contribution in [1.29, 1.82) is 0 Å². The Labute approximate surface area is 140 Å². The normalized spacial score (nSPS) is 20.7. The number of benzene rings is 1. The number of carbonyl (C=O) groups excluding carboxylic acids is 1. The van der Waals surface area contributed by atoms with E-state index in [-0.39, 0.29) is 24.4 Å². The Morgan fingerprint density at radius 1 is 1.17 bits per heavy atom. The first-order valence-electron chi connectivity index (χ1n) is 7.52. The number of carboxylic acid groups (broad SMARTS) is 1. The molecule has 0 bridgehead atoms. The van der Waals surface area contributed by atoms with Crippen molar-refractivity contribution in [2.75, 3.05) is 13.1 Å². The summed E-state index contributed by atoms with van der Waals surface area (Å²) < 4.78 is 31.6. The minimum absolute atomic E-state index is 0.0248. The highest BCUT2D eigenvalue weighted by atomic mass is 32.2. The average Bonchev–Trinajstić information content (AvgIpc) is 3.02. The number of amides is 1. The van der Waals surface area contributed by atoms with Crippen LogP contribution in [0.5, 0.6) is 0 Å². The topological polar surface area (TPSA) is 122 Å². The Morgan fingerprint density at radius 2 is 1.79 bits per heavy atom. The van der Waals surface area contributed by atoms with Crippen LogP contribution in [0.1, 0.15) is 18.4 Å². The Hall–Kier alpha value is -1.97. The molecule has 3 N–H and O–H groups in total. The lowest BCUT2D eigenvalue weighted by atomic mass is 10.2. The summed E-state index contributed by atoms with van der Waals surface area (Å²) in [5, 5.41) is 11.3. The highest BCUT2D eigenvalue weighted by molar-refractivity contribution is 7.89. The zero-order chi connectivity index (χ0) is 17.7. The van der Waals surface area contributed by atoms with E-state index in [0.717, 1.165) is 5.56 Å². The van der Waals surface area contributed by atoms with Gasteiger partial charge in [0.25, 0.3) is 0 Å². The van der Waals surface area contributed by atoms with Crippen molar-refractivity contribution in [3.8, 4) is 0 Å². The minimum Gasteiger partial charge on any atom is -0.479 e. The molecule has 1 aromatic rings. The van der Waals surface area contributed by atoms with Crippen LogP contribution in [0.15, 0.2) is 29.2 Å². The number of ether oxygens (including phenoxy) is 1. The molecule has 1 saturated heterocycles. The number of rotatable bonds is 7. The van der Waals surface area contributed by atoms with E-state index in [1.54, 1.807) is 12.1 Å². The van der Waals surface area contributed by atoms with Gasteiger partial charge in [-0.15, -0.1) is 0 Å². The van der Waals surface area contributed by atoms with Gasteiger partial charge < -0.3 is 15.2 Å². The van der Waals surface area contributed by atoms with Gasteiger partial charge in [-0.3, -0.25) is 4.79 Å². The van der Waals surface area contributed by atoms with E-state index in [1.165, 1.54) is 12.1 Å². The second-order valence-electron chi connectivity index (χ2n) is 5.53. The van der Waals surface area contributed by atoms with Gasteiger partial charge in [0.2, 0.25) is 15.9 Å². The number of sulfonamides is 1. The van der Waals surface area contributed by atoms with Crippen LogP contribution in [-0.2, 0) is 24.3 Å². The quantitative estimate of drug-likeness (QED) is 0.592. The maximum atomic E-state index is 12.0. The summed E-state index contributed by atoms with van der Waals surface area (Å²) >= 11 is 0. The molecule has 0 spiro atoms. The number of hydrogen-bond donors (Lipinski definition) is 3. The molecule has 1 amide bonds. The monoisotopic (exact) mass is 356 g/mol. The van der Waals surface area contributed by atoms with Gasteiger partial charge in [0.05, 0.1) is 4.90 Å². The number of aliphatic carboxylic acids is 1. The molecule has 1 aromatic carbocycles. The summed E-state index contributed by atoms with van der Waals surface area (Å²) in [7, 11) is -3.62. The lowest BCUT2D eigenvalue weighted by Gasteiger charge is -2.12. The molecule has 0 aromatic heterocycles. The van der Waals surface area contributed by atoms with Gasteiger partial charge in [0, 0.05) is 13.1 Å². The van der Waals surface area contributed by atoms with E-state index in [2.05, 4.69) is 10.0 Å². The van der Waals surface area contributed by atoms with E-state index in [1.807, 2.05) is 6.92 Å². The molecule has 2 atom stereocenters. The van der Waals surface area contributed by atoms with Crippen molar-refractivity contribution in [2.45, 2.75) is 36.9 Å². The molecule has 2 rings (SSSR count). The maximum absolute atomic E-state index is 12.0. The van der Waals surface area contributed by atoms with E-state index >= 15 is 0 Å². The molecular formula is C15H20N2O6S. The van der Waals surface area contributed by atoms with E-state index in [9.17, 15) is 18.0 Å². The molecule has 24 heavy (non-hydrogen) atoms. The summed E-state index contributed by atoms with van der Waals surface area (Å²) in [6.45, 7) is 1.97. The Bertz CT molecular complexity index is 701. The van der Waals surface area contributed by atoms with Crippen LogP contribution < -0.4 is 10.0 Å². The number of carbonyl (C=O) groups is 2. The third kappa shape index (κ3) is 4.76. The smallest absolute Gasteiger partial charge is 0.332 e. The molecule has 0 radical (unpaired) electrons. The van der Waals surface area contributed by atoms with Crippen LogP contribution in [0.4, 0.5) is 0 Å². The van der Waals surface area contributed by atoms with Gasteiger partial charge >= 0.3 is 5.97 Å². The number of carboxylic acids is 1. The fraction of sp³-hybridized carbons (Fsp3) is 0.467. The summed E-state index contributed by atoms with van der Waals surface area (Å²) in [5.74, 6) is -1.52. The van der Waals surface area contributed by atoms with Crippen molar-refractivity contribution >= 4 is 21.9 Å². The Kier molecular flexibility index (Phi) is 5.92. The highest BCUT2D eigenvalue weighted by Crippen LogP contribution is 2.19. The van der Waals surface area contributed by atoms with Crippen molar-refractivity contribution in [2.24, 2.45) is 0 Å². The number of aryl methyl sites for hydroxylation is 1. The third-order valence-corrected chi connectivity index (χ3v) is 5.11. The zero-order valence-electron chi connectivity index (χ0n) is 13.2. The van der Waals surface area contributed by atoms with Crippen molar-refractivity contribution < 1.29 is 27.9 Å². The van der Waals surface area contributed by atoms with Gasteiger partial charge in [0.15, 0.2) is 6.10 Å². The molecule has 8 nitrogen and oxygen atoms in total. The van der Waals surface area contributed by atoms with Gasteiger partial charge in [-0.1, -0.05) is 17.7 Å². The van der Waals surface area contributed by atoms with E-state index in [4.69, 9.17) is 9.84 Å². The van der Waals surface area contributed by atoms with Crippen LogP contribution in [0.2, 0.25) is 0 Å². The fourth-order valence-electron chi connectivity index (χ4n) is 2.30. The van der Waals surface area contributed by atoms with E-state index < -0.39 is 34.1 Å². The Balaban J connectivity index is 1.75. The predicted octanol–water partition coefficient (Wildman–Crippen LogP) is 0.0217. The number of nitrogens with one attached hydrogen (secondary N) is 2. The molecule has 1 aliphatic heterocycles. The zero-order valence-corrected chi connectivity index (χ0v) is 14.0. The van der Waals surface area contributed by atoms with Crippen molar-refractivity contribution in [1.82, 2.24) is 10.0 Å². The molecule has 0 aliphatic carbocycles. The lowest BCUT2D eigenvalue weighted by Crippen LogP contribution is -2.40. The first-order valence-corrected chi connectivity index (χ1v) is 9.00. The molecule has 1 heterocycles. The lowest BCUT2D eigenvalue weighted by molar-refractivity contribution is -0.151. The van der Waals surface area contributed by atoms with Gasteiger partial charge in [-0.25, -0.2) is 17.9 Å². The van der Waals surface area contributed by atoms with Gasteiger partial charge in [0.1, 0.15) is 6.10 Å². The number of hydrogen-bond acceptors (Lipinski definition) is 5. The molecular weight excluding hydrogens is 336 g/mol. The molecule has 9 heteroatoms. The van der Waals surface area contributed by atoms with Crippen LogP contribution in [-0.4, -0.2) is 50.7 Å². The van der Waals surface area contributed by atoms with Crippen LogP contribution >= 0.6 is 0 Å². The largest absolute Gasteiger partial charge is 0.479 e. The fourth-order valence-corrected chi connectivity index (χ4v) is 3.33. The minimum atomic E-state index is -3.62. The van der Waals surface area contributed by atoms with Crippen LogP contribution in [0.3, 0.4) is 0 Å². The summed E-state index contributed by atoms with van der Waals surface area (Å²) in [6.07, 6.45) is -1.15. The van der Waals surface area contributed by atoms with Gasteiger partial charge in [-0.2, -0.15) is 0 Å². The average molecular weight is 356 g/mol. The summed E-state index contributed by atoms with van der Waals surface area (Å²) in [6, 6.07) is 6.42. The van der Waals surface area contributed by atoms with E-state index in [0.29, 0.717) is 6.42 Å². The Morgan fingerprint density at radius 3 is 2.38 bits per heavy atom. The predicted molar refractivity (Wildman–Crippen MR) is 84.9 cm³/mol. The highest BCUT2D eigenvalue weighted by Gasteiger charge is 2.34. The summed E-state index contributed by atoms with van der Waals surface area (Å²) in [5.41, 5.74) is 0.956. The molecule has 1 fully saturated rings. The third-order valence-electron chi connectivity index (χ3n) is 3.64. The first kappa shape index (κ1) is 18.4. The van der Waals surface area contributed by atoms with Crippen molar-refractivity contribution in [3.63, 3.8) is 0 Å². The van der Waals surface area contributed by atoms with Crippen molar-refractivity contribution in [3.05, 3.63) is 29.8 Å². The SMILES string of the molecule is Cc1ccc(S(=O)(=O)NCCNC(=O)[C@@H]2CC[C@H](C(=O)O)O2)cc1. The molecule has 0 unspecified atom stereocenters. The first-order chi connectivity index (χ1) is 11.3. The summed E-state index contributed by atoms with van der Waals surface area (Å²) in [4.78, 5) is 22.8. The maximum Gasteiger partial charge on any atom is 0.332 e. The molecule has 1 aliphatic rings. The van der Waals surface area contributed by atoms with Crippen LogP contribution in [0, 0.1) is 6.92 Å². The molecule has 132 valence electrons.